The van der Waals surface area contributed by atoms with Gasteiger partial charge >= 0.3 is 0 Å². The smallest absolute Gasteiger partial charge is 0.191 e. The Morgan fingerprint density at radius 2 is 1.56 bits per heavy atom. The Kier molecular flexibility index (Phi) is 10.7. The number of hydrogen-bond acceptors (Lipinski definition) is 3. The summed E-state index contributed by atoms with van der Waals surface area (Å²) in [7, 11) is 1.54. The number of nitrogens with zero attached hydrogens (tertiary/aromatic N) is 1. The zero-order chi connectivity index (χ0) is 22.8. The van der Waals surface area contributed by atoms with Crippen LogP contribution < -0.4 is 4.74 Å². The van der Waals surface area contributed by atoms with Gasteiger partial charge in [0, 0.05) is 5.56 Å². The van der Waals surface area contributed by atoms with Crippen LogP contribution in [-0.2, 0) is 0 Å². The Hall–Kier alpha value is -1.25. The second-order valence-electron chi connectivity index (χ2n) is 10.2. The molecule has 2 aliphatic carbocycles. The van der Waals surface area contributed by atoms with E-state index >= 15 is 0 Å². The maximum Gasteiger partial charge on any atom is 0.191 e. The third-order valence-corrected chi connectivity index (χ3v) is 8.30. The first-order chi connectivity index (χ1) is 15.7. The molecule has 0 atom stereocenters. The van der Waals surface area contributed by atoms with E-state index < -0.39 is 5.82 Å². The van der Waals surface area contributed by atoms with Gasteiger partial charge in [0.05, 0.1) is 12.3 Å². The minimum Gasteiger partial charge on any atom is -0.493 e. The van der Waals surface area contributed by atoms with Gasteiger partial charge in [-0.25, -0.2) is 4.39 Å². The summed E-state index contributed by atoms with van der Waals surface area (Å²) in [5.74, 6) is 3.06. The fourth-order valence-corrected chi connectivity index (χ4v) is 6.39. The standard InChI is InChI=1S/C28H42FNOS/c1-3-4-5-6-7-8-9-21-10-12-22(13-11-21)23-14-16-24(17-15-23)25-18-19-26(30-20-32)27(29)28(25)31-2/h18-19,21-24H,3-17H2,1-2H3. The lowest BCUT2D eigenvalue weighted by Gasteiger charge is -2.38. The van der Waals surface area contributed by atoms with E-state index in [1.165, 1.54) is 83.5 Å². The highest BCUT2D eigenvalue weighted by atomic mass is 32.1. The summed E-state index contributed by atoms with van der Waals surface area (Å²) in [5.41, 5.74) is 1.21. The number of halogens is 1. The summed E-state index contributed by atoms with van der Waals surface area (Å²) in [5, 5.41) is 2.25. The largest absolute Gasteiger partial charge is 0.493 e. The molecule has 0 heterocycles. The maximum absolute atomic E-state index is 14.7. The van der Waals surface area contributed by atoms with Crippen LogP contribution in [0.15, 0.2) is 17.1 Å². The number of methoxy groups -OCH3 is 1. The zero-order valence-electron chi connectivity index (χ0n) is 20.2. The Balaban J connectivity index is 1.43. The monoisotopic (exact) mass is 459 g/mol. The number of benzene rings is 1. The van der Waals surface area contributed by atoms with Crippen LogP contribution in [0, 0.1) is 23.6 Å². The Bertz CT molecular complexity index is 744. The lowest BCUT2D eigenvalue weighted by atomic mass is 9.68. The predicted molar refractivity (Wildman–Crippen MR) is 136 cm³/mol. The molecule has 2 nitrogen and oxygen atoms in total. The first kappa shape index (κ1) is 25.4. The van der Waals surface area contributed by atoms with Gasteiger partial charge in [0.2, 0.25) is 0 Å². The molecule has 0 aliphatic heterocycles. The van der Waals surface area contributed by atoms with E-state index in [1.807, 2.05) is 6.07 Å². The molecule has 0 radical (unpaired) electrons. The Labute approximate surface area is 200 Å². The molecule has 0 saturated heterocycles. The highest BCUT2D eigenvalue weighted by Gasteiger charge is 2.32. The molecule has 0 amide bonds. The number of hydrogen-bond donors (Lipinski definition) is 0. The van der Waals surface area contributed by atoms with Gasteiger partial charge in [-0.3, -0.25) is 0 Å². The van der Waals surface area contributed by atoms with Crippen molar-refractivity contribution in [2.75, 3.05) is 7.11 Å². The molecule has 0 N–H and O–H groups in total. The molecule has 1 aromatic rings. The van der Waals surface area contributed by atoms with Crippen LogP contribution in [0.1, 0.15) is 115 Å². The predicted octanol–water partition coefficient (Wildman–Crippen LogP) is 9.40. The van der Waals surface area contributed by atoms with E-state index in [-0.39, 0.29) is 5.69 Å². The van der Waals surface area contributed by atoms with Gasteiger partial charge in [-0.15, -0.1) is 0 Å². The molecular weight excluding hydrogens is 417 g/mol. The van der Waals surface area contributed by atoms with Crippen molar-refractivity contribution in [3.8, 4) is 5.75 Å². The molecule has 2 saturated carbocycles. The highest BCUT2D eigenvalue weighted by molar-refractivity contribution is 7.78. The van der Waals surface area contributed by atoms with Crippen LogP contribution in [0.5, 0.6) is 5.75 Å². The van der Waals surface area contributed by atoms with Crippen LogP contribution in [0.3, 0.4) is 0 Å². The summed E-state index contributed by atoms with van der Waals surface area (Å²) in [6, 6.07) is 3.69. The molecule has 3 rings (SSSR count). The summed E-state index contributed by atoms with van der Waals surface area (Å²) in [6.45, 7) is 2.29. The lowest BCUT2D eigenvalue weighted by Crippen LogP contribution is -2.25. The van der Waals surface area contributed by atoms with Gasteiger partial charge in [-0.1, -0.05) is 70.8 Å². The number of thiocarbonyl (C=S) groups is 1. The fourth-order valence-electron chi connectivity index (χ4n) is 6.29. The number of aliphatic imine (C=N–C) groups is 1. The van der Waals surface area contributed by atoms with Crippen molar-refractivity contribution in [2.24, 2.45) is 22.7 Å². The van der Waals surface area contributed by atoms with Crippen molar-refractivity contribution in [1.82, 2.24) is 0 Å². The molecular formula is C28H42FNOS. The normalized spacial score (nSPS) is 25.8. The molecule has 2 aliphatic rings. The topological polar surface area (TPSA) is 21.6 Å². The summed E-state index contributed by atoms with van der Waals surface area (Å²) in [6.07, 6.45) is 20.5. The average molecular weight is 460 g/mol. The van der Waals surface area contributed by atoms with E-state index in [2.05, 4.69) is 29.3 Å². The minimum absolute atomic E-state index is 0.215. The summed E-state index contributed by atoms with van der Waals surface area (Å²) in [4.78, 5) is 3.83. The van der Waals surface area contributed by atoms with Crippen LogP contribution in [0.25, 0.3) is 0 Å². The van der Waals surface area contributed by atoms with Gasteiger partial charge in [0.1, 0.15) is 5.69 Å². The van der Waals surface area contributed by atoms with Gasteiger partial charge < -0.3 is 4.74 Å². The van der Waals surface area contributed by atoms with Crippen molar-refractivity contribution < 1.29 is 9.13 Å². The van der Waals surface area contributed by atoms with E-state index in [9.17, 15) is 4.39 Å². The van der Waals surface area contributed by atoms with Crippen LogP contribution in [-0.4, -0.2) is 12.3 Å². The summed E-state index contributed by atoms with van der Waals surface area (Å²) >= 11 is 4.63. The van der Waals surface area contributed by atoms with Crippen molar-refractivity contribution >= 4 is 23.1 Å². The highest BCUT2D eigenvalue weighted by Crippen LogP contribution is 2.47. The number of rotatable bonds is 11. The molecule has 32 heavy (non-hydrogen) atoms. The Morgan fingerprint density at radius 3 is 2.19 bits per heavy atom. The number of unbranched alkanes of at least 4 members (excludes halogenated alkanes) is 5. The SMILES string of the molecule is CCCCCCCCC1CCC(C2CCC(c3ccc(N=C=S)c(F)c3OC)CC2)CC1. The molecule has 2 fully saturated rings. The quantitative estimate of drug-likeness (QED) is 0.187. The third-order valence-electron chi connectivity index (χ3n) is 8.21. The van der Waals surface area contributed by atoms with Crippen molar-refractivity contribution in [3.05, 3.63) is 23.5 Å². The molecule has 178 valence electrons. The van der Waals surface area contributed by atoms with Gasteiger partial charge in [-0.2, -0.15) is 4.99 Å². The zero-order valence-corrected chi connectivity index (χ0v) is 21.0. The van der Waals surface area contributed by atoms with Crippen LogP contribution in [0.2, 0.25) is 0 Å². The second kappa shape index (κ2) is 13.5. The van der Waals surface area contributed by atoms with Crippen molar-refractivity contribution in [3.63, 3.8) is 0 Å². The van der Waals surface area contributed by atoms with E-state index in [0.29, 0.717) is 11.7 Å². The van der Waals surface area contributed by atoms with E-state index in [4.69, 9.17) is 4.74 Å². The first-order valence-corrected chi connectivity index (χ1v) is 13.5. The Morgan fingerprint density at radius 1 is 0.938 bits per heavy atom. The molecule has 4 heteroatoms. The van der Waals surface area contributed by atoms with E-state index in [1.54, 1.807) is 13.2 Å². The van der Waals surface area contributed by atoms with Gasteiger partial charge in [-0.05, 0) is 80.5 Å². The van der Waals surface area contributed by atoms with Crippen molar-refractivity contribution in [2.45, 2.75) is 109 Å². The van der Waals surface area contributed by atoms with Crippen molar-refractivity contribution in [1.29, 1.82) is 0 Å². The average Bonchev–Trinajstić information content (AvgIpc) is 2.83. The van der Waals surface area contributed by atoms with Crippen LogP contribution >= 0.6 is 12.2 Å². The molecule has 0 aromatic heterocycles. The second-order valence-corrected chi connectivity index (χ2v) is 10.4. The summed E-state index contributed by atoms with van der Waals surface area (Å²) < 4.78 is 20.2. The molecule has 1 aromatic carbocycles. The van der Waals surface area contributed by atoms with Crippen LogP contribution in [0.4, 0.5) is 10.1 Å². The first-order valence-electron chi connectivity index (χ1n) is 13.1. The number of ether oxygens (including phenoxy) is 1. The maximum atomic E-state index is 14.7. The van der Waals surface area contributed by atoms with Gasteiger partial charge in [0.15, 0.2) is 11.6 Å². The molecule has 0 spiro atoms. The molecule has 0 bridgehead atoms. The number of isothiocyanates is 1. The van der Waals surface area contributed by atoms with Gasteiger partial charge in [0.25, 0.3) is 0 Å². The minimum atomic E-state index is -0.409. The third kappa shape index (κ3) is 6.87. The van der Waals surface area contributed by atoms with E-state index in [0.717, 1.165) is 36.2 Å². The molecule has 0 unspecified atom stereocenters. The fraction of sp³-hybridized carbons (Fsp3) is 0.750. The lowest BCUT2D eigenvalue weighted by molar-refractivity contribution is 0.155.